The monoisotopic (exact) mass is 561 g/mol. The zero-order valence-corrected chi connectivity index (χ0v) is 23.9. The van der Waals surface area contributed by atoms with Gasteiger partial charge in [-0.1, -0.05) is 48.0 Å². The molecule has 3 aromatic rings. The Kier molecular flexibility index (Phi) is 8.97. The fourth-order valence-corrected chi connectivity index (χ4v) is 5.75. The van der Waals surface area contributed by atoms with E-state index in [9.17, 15) is 9.59 Å². The first-order valence-electron chi connectivity index (χ1n) is 14.0. The molecule has 0 radical (unpaired) electrons. The molecule has 2 saturated heterocycles. The standard InChI is InChI=1S/C31H36ClN5O3/c1-21-6-3-4-7-22(21)11-14-27-26(30(39)36-16-17-40-20-24(19-36)29(38)33-2)18-34-31(35-27)37-15-5-8-28(37)23-9-12-25(32)13-10-23/h3-4,6-7,9-10,12-13,18,24,28H,5,8,11,14-17,19-20H2,1-2H3,(H,33,38). The normalized spacial score (nSPS) is 19.4. The molecule has 1 N–H and O–H groups in total. The van der Waals surface area contributed by atoms with Gasteiger partial charge in [-0.25, -0.2) is 9.97 Å². The van der Waals surface area contributed by atoms with Gasteiger partial charge in [-0.3, -0.25) is 9.59 Å². The number of rotatable bonds is 7. The molecule has 2 unspecified atom stereocenters. The summed E-state index contributed by atoms with van der Waals surface area (Å²) in [5.74, 6) is -0.0808. The molecule has 0 bridgehead atoms. The van der Waals surface area contributed by atoms with Crippen molar-refractivity contribution in [2.45, 2.75) is 38.6 Å². The van der Waals surface area contributed by atoms with Gasteiger partial charge in [-0.05, 0) is 61.4 Å². The number of hydrogen-bond donors (Lipinski definition) is 1. The Hall–Kier alpha value is -3.49. The van der Waals surface area contributed by atoms with Crippen LogP contribution in [0.4, 0.5) is 5.95 Å². The van der Waals surface area contributed by atoms with E-state index in [1.165, 1.54) is 16.7 Å². The number of carbonyl (C=O) groups is 2. The van der Waals surface area contributed by atoms with E-state index < -0.39 is 5.92 Å². The smallest absolute Gasteiger partial charge is 0.257 e. The number of amides is 2. The zero-order valence-electron chi connectivity index (χ0n) is 23.1. The van der Waals surface area contributed by atoms with Crippen LogP contribution in [0.2, 0.25) is 5.02 Å². The molecule has 0 spiro atoms. The Bertz CT molecular complexity index is 1350. The van der Waals surface area contributed by atoms with Crippen LogP contribution in [0.3, 0.4) is 0 Å². The molecular formula is C31H36ClN5O3. The van der Waals surface area contributed by atoms with E-state index in [1.807, 2.05) is 24.3 Å². The van der Waals surface area contributed by atoms with E-state index >= 15 is 0 Å². The predicted octanol–water partition coefficient (Wildman–Crippen LogP) is 4.40. The van der Waals surface area contributed by atoms with E-state index in [1.54, 1.807) is 18.1 Å². The van der Waals surface area contributed by atoms with Crippen LogP contribution in [-0.2, 0) is 22.4 Å². The Morgan fingerprint density at radius 1 is 1.10 bits per heavy atom. The van der Waals surface area contributed by atoms with Crippen molar-refractivity contribution in [2.24, 2.45) is 5.92 Å². The molecule has 9 heteroatoms. The number of carbonyl (C=O) groups excluding carboxylic acids is 2. The number of ether oxygens (including phenoxy) is 1. The van der Waals surface area contributed by atoms with Crippen molar-refractivity contribution >= 4 is 29.4 Å². The molecule has 0 saturated carbocycles. The molecule has 2 fully saturated rings. The summed E-state index contributed by atoms with van der Waals surface area (Å²) in [5, 5.41) is 3.39. The van der Waals surface area contributed by atoms with E-state index in [4.69, 9.17) is 26.3 Å². The van der Waals surface area contributed by atoms with E-state index in [0.717, 1.165) is 31.5 Å². The van der Waals surface area contributed by atoms with Crippen molar-refractivity contribution in [3.63, 3.8) is 0 Å². The van der Waals surface area contributed by atoms with Crippen molar-refractivity contribution in [1.29, 1.82) is 0 Å². The fourth-order valence-electron chi connectivity index (χ4n) is 5.62. The number of anilines is 1. The summed E-state index contributed by atoms with van der Waals surface area (Å²) in [6, 6.07) is 16.4. The van der Waals surface area contributed by atoms with Crippen molar-refractivity contribution in [1.82, 2.24) is 20.2 Å². The van der Waals surface area contributed by atoms with Crippen molar-refractivity contribution in [2.75, 3.05) is 44.8 Å². The van der Waals surface area contributed by atoms with Gasteiger partial charge in [0.1, 0.15) is 0 Å². The lowest BCUT2D eigenvalue weighted by molar-refractivity contribution is -0.126. The van der Waals surface area contributed by atoms with Crippen LogP contribution in [0.5, 0.6) is 0 Å². The quantitative estimate of drug-likeness (QED) is 0.460. The van der Waals surface area contributed by atoms with Gasteiger partial charge in [0.2, 0.25) is 11.9 Å². The highest BCUT2D eigenvalue weighted by Crippen LogP contribution is 2.35. The van der Waals surface area contributed by atoms with Crippen molar-refractivity contribution in [3.8, 4) is 0 Å². The molecular weight excluding hydrogens is 526 g/mol. The molecule has 2 aliphatic rings. The van der Waals surface area contributed by atoms with Gasteiger partial charge >= 0.3 is 0 Å². The molecule has 2 aliphatic heterocycles. The van der Waals surface area contributed by atoms with E-state index in [0.29, 0.717) is 49.3 Å². The summed E-state index contributed by atoms with van der Waals surface area (Å²) < 4.78 is 5.64. The summed E-state index contributed by atoms with van der Waals surface area (Å²) in [6.07, 6.45) is 5.07. The maximum Gasteiger partial charge on any atom is 0.257 e. The number of hydrogen-bond acceptors (Lipinski definition) is 6. The van der Waals surface area contributed by atoms with Crippen LogP contribution in [0.15, 0.2) is 54.7 Å². The maximum atomic E-state index is 13.9. The second-order valence-corrected chi connectivity index (χ2v) is 10.9. The highest BCUT2D eigenvalue weighted by molar-refractivity contribution is 6.30. The molecule has 5 rings (SSSR count). The van der Waals surface area contributed by atoms with Crippen LogP contribution in [0.25, 0.3) is 0 Å². The first-order chi connectivity index (χ1) is 19.4. The third-order valence-electron chi connectivity index (χ3n) is 7.91. The number of nitrogens with zero attached hydrogens (tertiary/aromatic N) is 4. The molecule has 0 aliphatic carbocycles. The molecule has 1 aromatic heterocycles. The van der Waals surface area contributed by atoms with Crippen molar-refractivity contribution in [3.05, 3.63) is 87.7 Å². The van der Waals surface area contributed by atoms with Crippen LogP contribution in [0.1, 0.15) is 51.6 Å². The Morgan fingerprint density at radius 2 is 1.90 bits per heavy atom. The highest BCUT2D eigenvalue weighted by Gasteiger charge is 2.31. The molecule has 2 amide bonds. The Morgan fingerprint density at radius 3 is 2.67 bits per heavy atom. The average Bonchev–Trinajstić information content (AvgIpc) is 3.33. The lowest BCUT2D eigenvalue weighted by Crippen LogP contribution is -2.41. The minimum atomic E-state index is -0.420. The molecule has 2 atom stereocenters. The predicted molar refractivity (Wildman–Crippen MR) is 156 cm³/mol. The third-order valence-corrected chi connectivity index (χ3v) is 8.16. The summed E-state index contributed by atoms with van der Waals surface area (Å²) in [6.45, 7) is 4.32. The summed E-state index contributed by atoms with van der Waals surface area (Å²) >= 11 is 6.14. The number of benzene rings is 2. The first kappa shape index (κ1) is 28.1. The van der Waals surface area contributed by atoms with Crippen LogP contribution >= 0.6 is 11.6 Å². The van der Waals surface area contributed by atoms with E-state index in [2.05, 4.69) is 41.4 Å². The third kappa shape index (κ3) is 6.29. The van der Waals surface area contributed by atoms with E-state index in [-0.39, 0.29) is 17.9 Å². The first-order valence-corrected chi connectivity index (χ1v) is 14.3. The van der Waals surface area contributed by atoms with Gasteiger partial charge in [0.05, 0.1) is 36.4 Å². The number of nitrogens with one attached hydrogen (secondary N) is 1. The molecule has 2 aromatic carbocycles. The minimum absolute atomic E-state index is 0.131. The highest BCUT2D eigenvalue weighted by atomic mass is 35.5. The van der Waals surface area contributed by atoms with Gasteiger partial charge in [0, 0.05) is 37.9 Å². The fraction of sp³-hybridized carbons (Fsp3) is 0.419. The van der Waals surface area contributed by atoms with Gasteiger partial charge in [0.15, 0.2) is 0 Å². The largest absolute Gasteiger partial charge is 0.379 e. The summed E-state index contributed by atoms with van der Waals surface area (Å²) in [7, 11) is 1.60. The van der Waals surface area contributed by atoms with Gasteiger partial charge in [0.25, 0.3) is 5.91 Å². The number of halogens is 1. The Labute approximate surface area is 240 Å². The average molecular weight is 562 g/mol. The topological polar surface area (TPSA) is 87.7 Å². The van der Waals surface area contributed by atoms with Gasteiger partial charge in [-0.15, -0.1) is 0 Å². The SMILES string of the molecule is CNC(=O)C1COCCN(C(=O)c2cnc(N3CCCC3c3ccc(Cl)cc3)nc2CCc2ccccc2C)C1. The van der Waals surface area contributed by atoms with Crippen LogP contribution in [0, 0.1) is 12.8 Å². The molecule has 210 valence electrons. The second kappa shape index (κ2) is 12.8. The second-order valence-electron chi connectivity index (χ2n) is 10.5. The summed E-state index contributed by atoms with van der Waals surface area (Å²) in [4.78, 5) is 40.0. The number of aromatic nitrogens is 2. The van der Waals surface area contributed by atoms with Crippen molar-refractivity contribution < 1.29 is 14.3 Å². The zero-order chi connectivity index (χ0) is 28.1. The molecule has 40 heavy (non-hydrogen) atoms. The maximum absolute atomic E-state index is 13.9. The van der Waals surface area contributed by atoms with Gasteiger partial charge in [-0.2, -0.15) is 0 Å². The number of aryl methyl sites for hydroxylation is 3. The van der Waals surface area contributed by atoms with Crippen LogP contribution < -0.4 is 10.2 Å². The molecule has 8 nitrogen and oxygen atoms in total. The lowest BCUT2D eigenvalue weighted by atomic mass is 10.0. The molecule has 3 heterocycles. The summed E-state index contributed by atoms with van der Waals surface area (Å²) in [5.41, 5.74) is 4.82. The van der Waals surface area contributed by atoms with Crippen LogP contribution in [-0.4, -0.2) is 66.6 Å². The Balaban J connectivity index is 1.46. The lowest BCUT2D eigenvalue weighted by Gasteiger charge is -2.27. The minimum Gasteiger partial charge on any atom is -0.379 e. The van der Waals surface area contributed by atoms with Gasteiger partial charge < -0.3 is 19.9 Å².